The molecule has 2 heterocycles. The summed E-state index contributed by atoms with van der Waals surface area (Å²) < 4.78 is 22.0. The van der Waals surface area contributed by atoms with Gasteiger partial charge in [0.2, 0.25) is 0 Å². The van der Waals surface area contributed by atoms with E-state index in [1.807, 2.05) is 19.9 Å². The Morgan fingerprint density at radius 1 is 0.963 bits per heavy atom. The lowest BCUT2D eigenvalue weighted by atomic mass is 10.1. The van der Waals surface area contributed by atoms with Crippen LogP contribution in [0.5, 0.6) is 5.75 Å². The normalized spacial score (nSPS) is 24.6. The van der Waals surface area contributed by atoms with Crippen molar-refractivity contribution in [2.75, 3.05) is 5.75 Å². The highest BCUT2D eigenvalue weighted by atomic mass is 32.2. The molecule has 0 radical (unpaired) electrons. The monoisotopic (exact) mass is 397 g/mol. The summed E-state index contributed by atoms with van der Waals surface area (Å²) in [6.45, 7) is 7.43. The number of carbonyl (C=O) groups excluding carboxylic acids is 3. The zero-order chi connectivity index (χ0) is 20.1. The van der Waals surface area contributed by atoms with Crippen LogP contribution in [0.3, 0.4) is 0 Å². The van der Waals surface area contributed by atoms with Crippen molar-refractivity contribution < 1.29 is 33.3 Å². The van der Waals surface area contributed by atoms with Gasteiger partial charge in [0.25, 0.3) is 0 Å². The molecule has 1 aromatic rings. The van der Waals surface area contributed by atoms with Crippen molar-refractivity contribution in [1.82, 2.24) is 4.98 Å². The van der Waals surface area contributed by atoms with Crippen molar-refractivity contribution in [1.29, 1.82) is 0 Å². The Bertz CT molecular complexity index is 724. The molecule has 0 N–H and O–H groups in total. The van der Waals surface area contributed by atoms with E-state index >= 15 is 0 Å². The number of rotatable bonds is 5. The molecule has 0 amide bonds. The van der Waals surface area contributed by atoms with Crippen molar-refractivity contribution in [3.05, 3.63) is 23.5 Å². The molecule has 8 nitrogen and oxygen atoms in total. The Hall–Kier alpha value is -2.29. The Labute approximate surface area is 161 Å². The predicted molar refractivity (Wildman–Crippen MR) is 97.2 cm³/mol. The minimum absolute atomic E-state index is 0.318. The van der Waals surface area contributed by atoms with Gasteiger partial charge in [-0.25, -0.2) is 0 Å². The number of aromatic nitrogens is 1. The molecule has 0 unspecified atom stereocenters. The highest BCUT2D eigenvalue weighted by Gasteiger charge is 2.47. The van der Waals surface area contributed by atoms with Crippen LogP contribution >= 0.6 is 11.8 Å². The van der Waals surface area contributed by atoms with E-state index in [9.17, 15) is 14.4 Å². The smallest absolute Gasteiger partial charge is 0.303 e. The van der Waals surface area contributed by atoms with E-state index in [0.717, 1.165) is 5.69 Å². The number of carbonyl (C=O) groups is 3. The van der Waals surface area contributed by atoms with Crippen molar-refractivity contribution in [2.45, 2.75) is 58.4 Å². The number of hydrogen-bond donors (Lipinski definition) is 0. The molecule has 0 spiro atoms. The maximum Gasteiger partial charge on any atom is 0.303 e. The van der Waals surface area contributed by atoms with E-state index in [1.54, 1.807) is 6.07 Å². The van der Waals surface area contributed by atoms with Crippen molar-refractivity contribution >= 4 is 29.7 Å². The number of aryl methyl sites for hydroxylation is 2. The summed E-state index contributed by atoms with van der Waals surface area (Å²) in [7, 11) is 0. The van der Waals surface area contributed by atoms with E-state index in [0.29, 0.717) is 17.2 Å². The van der Waals surface area contributed by atoms with E-state index in [1.165, 1.54) is 32.5 Å². The van der Waals surface area contributed by atoms with Crippen LogP contribution < -0.4 is 4.74 Å². The maximum atomic E-state index is 11.6. The third kappa shape index (κ3) is 5.85. The lowest BCUT2D eigenvalue weighted by Gasteiger charge is -2.40. The summed E-state index contributed by atoms with van der Waals surface area (Å²) in [6, 6.07) is 3.59. The van der Waals surface area contributed by atoms with Crippen LogP contribution in [0.25, 0.3) is 0 Å². The zero-order valence-electron chi connectivity index (χ0n) is 15.9. The average Bonchev–Trinajstić information content (AvgIpc) is 2.53. The highest BCUT2D eigenvalue weighted by molar-refractivity contribution is 7.99. The third-order valence-electron chi connectivity index (χ3n) is 3.72. The number of esters is 3. The van der Waals surface area contributed by atoms with Gasteiger partial charge in [0.1, 0.15) is 5.75 Å². The van der Waals surface area contributed by atoms with Crippen molar-refractivity contribution in [2.24, 2.45) is 0 Å². The van der Waals surface area contributed by atoms with Gasteiger partial charge in [-0.3, -0.25) is 19.4 Å². The first-order chi connectivity index (χ1) is 12.7. The van der Waals surface area contributed by atoms with Gasteiger partial charge in [0.05, 0.1) is 5.69 Å². The van der Waals surface area contributed by atoms with Crippen LogP contribution in [-0.4, -0.2) is 52.4 Å². The van der Waals surface area contributed by atoms with Crippen LogP contribution in [0.15, 0.2) is 12.1 Å². The quantitative estimate of drug-likeness (QED) is 0.545. The molecule has 4 atom stereocenters. The van der Waals surface area contributed by atoms with Gasteiger partial charge < -0.3 is 18.9 Å². The maximum absolute atomic E-state index is 11.6. The molecule has 148 valence electrons. The van der Waals surface area contributed by atoms with Crippen LogP contribution in [0, 0.1) is 13.8 Å². The molecule has 0 saturated carbocycles. The van der Waals surface area contributed by atoms with Gasteiger partial charge in [-0.1, -0.05) is 0 Å². The summed E-state index contributed by atoms with van der Waals surface area (Å²) in [5.41, 5.74) is 0.872. The Morgan fingerprint density at radius 3 is 2.11 bits per heavy atom. The van der Waals surface area contributed by atoms with E-state index in [4.69, 9.17) is 18.9 Å². The molecule has 9 heteroatoms. The minimum Gasteiger partial charge on any atom is -0.474 e. The Kier molecular flexibility index (Phi) is 7.06. The highest BCUT2D eigenvalue weighted by Crippen LogP contribution is 2.34. The average molecular weight is 397 g/mol. The first kappa shape index (κ1) is 21.0. The fourth-order valence-corrected chi connectivity index (χ4v) is 3.94. The standard InChI is InChI=1S/C18H23NO7S/c1-9-6-7-14(10(2)19-9)26-18-17(25-13(5)22)16(24-12(4)21)15(8-27-18)23-11(3)20/h6-7,15-18H,8H2,1-5H3/t15-,16+,17-,18-/m1/s1. The van der Waals surface area contributed by atoms with Crippen LogP contribution in [-0.2, 0) is 28.6 Å². The minimum atomic E-state index is -0.972. The second-order valence-electron chi connectivity index (χ2n) is 6.15. The summed E-state index contributed by atoms with van der Waals surface area (Å²) >= 11 is 1.31. The number of ether oxygens (including phenoxy) is 4. The number of pyridine rings is 1. The third-order valence-corrected chi connectivity index (χ3v) is 4.94. The van der Waals surface area contributed by atoms with Crippen molar-refractivity contribution in [3.63, 3.8) is 0 Å². The Morgan fingerprint density at radius 2 is 1.56 bits per heavy atom. The summed E-state index contributed by atoms with van der Waals surface area (Å²) in [5, 5.41) is 0. The molecule has 1 aliphatic rings. The van der Waals surface area contributed by atoms with Gasteiger partial charge in [-0.2, -0.15) is 0 Å². The zero-order valence-corrected chi connectivity index (χ0v) is 16.7. The number of nitrogens with zero attached hydrogens (tertiary/aromatic N) is 1. The molecular weight excluding hydrogens is 374 g/mol. The van der Waals surface area contributed by atoms with Crippen LogP contribution in [0.1, 0.15) is 32.2 Å². The van der Waals surface area contributed by atoms with Gasteiger partial charge in [0, 0.05) is 32.2 Å². The van der Waals surface area contributed by atoms with Gasteiger partial charge >= 0.3 is 17.9 Å². The number of hydrogen-bond acceptors (Lipinski definition) is 9. The molecule has 2 rings (SSSR count). The molecule has 1 saturated heterocycles. The topological polar surface area (TPSA) is 101 Å². The van der Waals surface area contributed by atoms with E-state index < -0.39 is 41.7 Å². The fourth-order valence-electron chi connectivity index (χ4n) is 2.73. The van der Waals surface area contributed by atoms with E-state index in [-0.39, 0.29) is 0 Å². The first-order valence-corrected chi connectivity index (χ1v) is 9.46. The number of thioether (sulfide) groups is 1. The van der Waals surface area contributed by atoms with Crippen LogP contribution in [0.2, 0.25) is 0 Å². The van der Waals surface area contributed by atoms with Gasteiger partial charge in [-0.15, -0.1) is 11.8 Å². The molecule has 0 aliphatic carbocycles. The van der Waals surface area contributed by atoms with E-state index in [2.05, 4.69) is 4.98 Å². The summed E-state index contributed by atoms with van der Waals surface area (Å²) in [5.74, 6) is -0.806. The molecule has 27 heavy (non-hydrogen) atoms. The molecule has 1 aliphatic heterocycles. The second kappa shape index (κ2) is 9.07. The fraction of sp³-hybridized carbons (Fsp3) is 0.556. The second-order valence-corrected chi connectivity index (χ2v) is 7.28. The largest absolute Gasteiger partial charge is 0.474 e. The predicted octanol–water partition coefficient (Wildman–Crippen LogP) is 1.95. The SMILES string of the molecule is CC(=O)O[C@@H]1[C@@H](OC(C)=O)[C@H](OC(C)=O)CS[C@H]1Oc1ccc(C)nc1C. The summed E-state index contributed by atoms with van der Waals surface area (Å²) in [6.07, 6.45) is -2.67. The van der Waals surface area contributed by atoms with Gasteiger partial charge in [0.15, 0.2) is 23.7 Å². The van der Waals surface area contributed by atoms with Gasteiger partial charge in [-0.05, 0) is 26.0 Å². The molecule has 1 fully saturated rings. The lowest BCUT2D eigenvalue weighted by molar-refractivity contribution is -0.186. The molecule has 1 aromatic heterocycles. The molecule has 0 aromatic carbocycles. The molecular formula is C18H23NO7S. The summed E-state index contributed by atoms with van der Waals surface area (Å²) in [4.78, 5) is 39.0. The Balaban J connectivity index is 2.30. The van der Waals surface area contributed by atoms with Crippen LogP contribution in [0.4, 0.5) is 0 Å². The lowest BCUT2D eigenvalue weighted by Crippen LogP contribution is -2.55. The molecule has 0 bridgehead atoms. The first-order valence-electron chi connectivity index (χ1n) is 8.41. The van der Waals surface area contributed by atoms with Crippen molar-refractivity contribution in [3.8, 4) is 5.75 Å².